The van der Waals surface area contributed by atoms with Crippen molar-refractivity contribution in [3.8, 4) is 0 Å². The maximum atomic E-state index is 11.6. The van der Waals surface area contributed by atoms with E-state index in [0.717, 1.165) is 12.8 Å². The number of rotatable bonds is 7. The summed E-state index contributed by atoms with van der Waals surface area (Å²) in [5.74, 6) is 0.387. The fourth-order valence-corrected chi connectivity index (χ4v) is 1.15. The van der Waals surface area contributed by atoms with Gasteiger partial charge in [-0.1, -0.05) is 6.92 Å². The molecule has 0 aliphatic carbocycles. The molecule has 0 radical (unpaired) electrons. The molecule has 0 bridgehead atoms. The lowest BCUT2D eigenvalue weighted by Gasteiger charge is -2.18. The van der Waals surface area contributed by atoms with E-state index >= 15 is 0 Å². The molecule has 3 heteroatoms. The summed E-state index contributed by atoms with van der Waals surface area (Å²) in [4.78, 5) is 11.6. The third-order valence-corrected chi connectivity index (χ3v) is 2.32. The van der Waals surface area contributed by atoms with Crippen LogP contribution in [0.25, 0.3) is 0 Å². The van der Waals surface area contributed by atoms with Crippen LogP contribution < -0.4 is 5.73 Å². The Kier molecular flexibility index (Phi) is 5.96. The van der Waals surface area contributed by atoms with E-state index < -0.39 is 0 Å². The molecule has 0 aliphatic rings. The minimum Gasteiger partial charge on any atom is -0.385 e. The van der Waals surface area contributed by atoms with E-state index in [4.69, 9.17) is 10.5 Å². The van der Waals surface area contributed by atoms with Crippen LogP contribution in [0.15, 0.2) is 0 Å². The summed E-state index contributed by atoms with van der Waals surface area (Å²) < 4.78 is 4.93. The van der Waals surface area contributed by atoms with Gasteiger partial charge in [-0.3, -0.25) is 4.79 Å². The Hall–Kier alpha value is -0.410. The summed E-state index contributed by atoms with van der Waals surface area (Å²) >= 11 is 0. The highest BCUT2D eigenvalue weighted by atomic mass is 16.5. The van der Waals surface area contributed by atoms with Crippen molar-refractivity contribution >= 4 is 5.78 Å². The van der Waals surface area contributed by atoms with Crippen LogP contribution in [0.1, 0.15) is 40.0 Å². The summed E-state index contributed by atoms with van der Waals surface area (Å²) in [7, 11) is 1.65. The van der Waals surface area contributed by atoms with Gasteiger partial charge in [0, 0.05) is 31.6 Å². The topological polar surface area (TPSA) is 52.3 Å². The van der Waals surface area contributed by atoms with Crippen LogP contribution in [0.4, 0.5) is 0 Å². The Morgan fingerprint density at radius 2 is 2.07 bits per heavy atom. The molecule has 1 atom stereocenters. The van der Waals surface area contributed by atoms with Gasteiger partial charge in [0.15, 0.2) is 0 Å². The van der Waals surface area contributed by atoms with Crippen molar-refractivity contribution in [3.63, 3.8) is 0 Å². The first-order valence-electron chi connectivity index (χ1n) is 5.17. The molecule has 0 fully saturated rings. The van der Waals surface area contributed by atoms with Gasteiger partial charge in [-0.25, -0.2) is 0 Å². The van der Waals surface area contributed by atoms with E-state index in [-0.39, 0.29) is 11.5 Å². The molecule has 0 aliphatic heterocycles. The van der Waals surface area contributed by atoms with E-state index in [1.807, 2.05) is 20.8 Å². The minimum absolute atomic E-state index is 0.0947. The number of nitrogens with two attached hydrogens (primary N) is 1. The molecule has 0 aromatic rings. The van der Waals surface area contributed by atoms with Crippen molar-refractivity contribution < 1.29 is 9.53 Å². The number of hydrogen-bond acceptors (Lipinski definition) is 3. The molecule has 0 spiro atoms. The highest BCUT2D eigenvalue weighted by Gasteiger charge is 2.17. The second kappa shape index (κ2) is 6.14. The average Bonchev–Trinajstić information content (AvgIpc) is 2.09. The van der Waals surface area contributed by atoms with Crippen LogP contribution in [0, 0.1) is 5.92 Å². The highest BCUT2D eigenvalue weighted by Crippen LogP contribution is 2.13. The number of Topliss-reactive ketones (excluding diaryl/α,β-unsaturated/α-hetero) is 1. The van der Waals surface area contributed by atoms with Crippen LogP contribution in [-0.2, 0) is 9.53 Å². The maximum absolute atomic E-state index is 11.6. The second-order valence-electron chi connectivity index (χ2n) is 4.64. The number of methoxy groups -OCH3 is 1. The van der Waals surface area contributed by atoms with E-state index in [1.165, 1.54) is 0 Å². The third kappa shape index (κ3) is 7.04. The van der Waals surface area contributed by atoms with Crippen molar-refractivity contribution in [3.05, 3.63) is 0 Å². The van der Waals surface area contributed by atoms with Crippen molar-refractivity contribution in [2.75, 3.05) is 13.7 Å². The normalized spacial score (nSPS) is 14.1. The van der Waals surface area contributed by atoms with Gasteiger partial charge in [0.25, 0.3) is 0 Å². The molecular weight excluding hydrogens is 178 g/mol. The molecule has 0 heterocycles. The predicted octanol–water partition coefficient (Wildman–Crippen LogP) is 1.75. The summed E-state index contributed by atoms with van der Waals surface area (Å²) in [5, 5.41) is 0. The lowest BCUT2D eigenvalue weighted by Crippen LogP contribution is -2.33. The summed E-state index contributed by atoms with van der Waals surface area (Å²) in [6.45, 7) is 6.49. The molecule has 3 nitrogen and oxygen atoms in total. The molecule has 0 amide bonds. The van der Waals surface area contributed by atoms with E-state index in [2.05, 4.69) is 0 Å². The van der Waals surface area contributed by atoms with Crippen molar-refractivity contribution in [1.29, 1.82) is 0 Å². The number of ether oxygens (including phenoxy) is 1. The zero-order chi connectivity index (χ0) is 11.2. The predicted molar refractivity (Wildman–Crippen MR) is 58.2 cm³/mol. The summed E-state index contributed by atoms with van der Waals surface area (Å²) in [5.41, 5.74) is 5.57. The summed E-state index contributed by atoms with van der Waals surface area (Å²) in [6.07, 6.45) is 2.14. The largest absolute Gasteiger partial charge is 0.385 e. The first-order chi connectivity index (χ1) is 6.37. The molecular formula is C11H23NO2. The molecule has 2 N–H and O–H groups in total. The smallest absolute Gasteiger partial charge is 0.135 e. The van der Waals surface area contributed by atoms with Gasteiger partial charge in [-0.2, -0.15) is 0 Å². The van der Waals surface area contributed by atoms with Crippen LogP contribution >= 0.6 is 0 Å². The van der Waals surface area contributed by atoms with Crippen LogP contribution in [0.5, 0.6) is 0 Å². The maximum Gasteiger partial charge on any atom is 0.135 e. The van der Waals surface area contributed by atoms with Crippen LogP contribution in [0.3, 0.4) is 0 Å². The van der Waals surface area contributed by atoms with Crippen LogP contribution in [-0.4, -0.2) is 25.0 Å². The molecule has 1 unspecified atom stereocenters. The monoisotopic (exact) mass is 201 g/mol. The van der Waals surface area contributed by atoms with E-state index in [9.17, 15) is 4.79 Å². The SMILES string of the molecule is COCCC(C)C(=O)CCC(C)(C)N. The van der Waals surface area contributed by atoms with E-state index in [0.29, 0.717) is 18.8 Å². The zero-order valence-corrected chi connectivity index (χ0v) is 9.80. The van der Waals surface area contributed by atoms with Gasteiger partial charge in [0.05, 0.1) is 0 Å². The second-order valence-corrected chi connectivity index (χ2v) is 4.64. The Balaban J connectivity index is 3.73. The Morgan fingerprint density at radius 1 is 1.50 bits per heavy atom. The Labute approximate surface area is 87.0 Å². The fourth-order valence-electron chi connectivity index (χ4n) is 1.15. The van der Waals surface area contributed by atoms with Gasteiger partial charge in [0.1, 0.15) is 5.78 Å². The first kappa shape index (κ1) is 13.6. The number of hydrogen-bond donors (Lipinski definition) is 1. The molecule has 14 heavy (non-hydrogen) atoms. The Bertz CT molecular complexity index is 173. The van der Waals surface area contributed by atoms with Crippen LogP contribution in [0.2, 0.25) is 0 Å². The highest BCUT2D eigenvalue weighted by molar-refractivity contribution is 5.80. The van der Waals surface area contributed by atoms with Crippen molar-refractivity contribution in [1.82, 2.24) is 0 Å². The molecule has 0 saturated heterocycles. The lowest BCUT2D eigenvalue weighted by molar-refractivity contribution is -0.123. The molecule has 84 valence electrons. The lowest BCUT2D eigenvalue weighted by atomic mass is 9.93. The van der Waals surface area contributed by atoms with Crippen molar-refractivity contribution in [2.45, 2.75) is 45.6 Å². The van der Waals surface area contributed by atoms with E-state index in [1.54, 1.807) is 7.11 Å². The van der Waals surface area contributed by atoms with Gasteiger partial charge in [0.2, 0.25) is 0 Å². The summed E-state index contributed by atoms with van der Waals surface area (Å²) in [6, 6.07) is 0. The fraction of sp³-hybridized carbons (Fsp3) is 0.909. The van der Waals surface area contributed by atoms with Gasteiger partial charge >= 0.3 is 0 Å². The van der Waals surface area contributed by atoms with Gasteiger partial charge < -0.3 is 10.5 Å². The number of carbonyl (C=O) groups excluding carboxylic acids is 1. The van der Waals surface area contributed by atoms with Crippen molar-refractivity contribution in [2.24, 2.45) is 11.7 Å². The number of ketones is 1. The molecule has 0 aromatic carbocycles. The molecule has 0 aromatic heterocycles. The first-order valence-corrected chi connectivity index (χ1v) is 5.17. The van der Waals surface area contributed by atoms with Gasteiger partial charge in [-0.05, 0) is 26.7 Å². The zero-order valence-electron chi connectivity index (χ0n) is 9.80. The van der Waals surface area contributed by atoms with Gasteiger partial charge in [-0.15, -0.1) is 0 Å². The number of carbonyl (C=O) groups is 1. The average molecular weight is 201 g/mol. The minimum atomic E-state index is -0.239. The Morgan fingerprint density at radius 3 is 2.50 bits per heavy atom. The quantitative estimate of drug-likeness (QED) is 0.682. The molecule has 0 saturated carbocycles. The molecule has 0 rings (SSSR count). The third-order valence-electron chi connectivity index (χ3n) is 2.32. The standard InChI is InChI=1S/C11H23NO2/c1-9(6-8-14-4)10(13)5-7-11(2,3)12/h9H,5-8,12H2,1-4H3.